The number of hydrogen-bond donors (Lipinski definition) is 3. The predicted octanol–water partition coefficient (Wildman–Crippen LogP) is 1.08. The lowest BCUT2D eigenvalue weighted by Crippen LogP contribution is -2.21. The van der Waals surface area contributed by atoms with Crippen molar-refractivity contribution in [1.82, 2.24) is 0 Å². The second-order valence-corrected chi connectivity index (χ2v) is 3.68. The molecule has 0 unspecified atom stereocenters. The van der Waals surface area contributed by atoms with Crippen molar-refractivity contribution in [3.05, 3.63) is 27.3 Å². The number of hydrogen-bond acceptors (Lipinski definition) is 3. The molecule has 1 atom stereocenters. The van der Waals surface area contributed by atoms with Gasteiger partial charge < -0.3 is 15.9 Å². The molecule has 0 spiro atoms. The first-order valence-corrected chi connectivity index (χ1v) is 4.57. The van der Waals surface area contributed by atoms with Gasteiger partial charge in [0.25, 0.3) is 0 Å². The maximum Gasteiger partial charge on any atom is 0.325 e. The fourth-order valence-corrected chi connectivity index (χ4v) is 1.74. The number of halogens is 1. The first-order chi connectivity index (χ1) is 6.02. The third-order valence-electron chi connectivity index (χ3n) is 1.59. The molecule has 4 N–H and O–H groups in total. The lowest BCUT2D eigenvalue weighted by Gasteiger charge is -2.08. The smallest absolute Gasteiger partial charge is 0.325 e. The van der Waals surface area contributed by atoms with E-state index in [9.17, 15) is 4.79 Å². The second kappa shape index (κ2) is 3.93. The summed E-state index contributed by atoms with van der Waals surface area (Å²) in [5.41, 5.74) is 5.91. The van der Waals surface area contributed by atoms with Gasteiger partial charge in [0.05, 0.1) is 0 Å². The number of carboxylic acid groups (broad SMARTS) is 1. The van der Waals surface area contributed by atoms with Crippen molar-refractivity contribution >= 4 is 28.6 Å². The Morgan fingerprint density at radius 2 is 2.15 bits per heavy atom. The van der Waals surface area contributed by atoms with Crippen molar-refractivity contribution in [1.29, 1.82) is 0 Å². The fourth-order valence-electron chi connectivity index (χ4n) is 0.901. The maximum atomic E-state index is 10.5. The molecule has 0 fully saturated rings. The molecule has 5 heteroatoms. The minimum atomic E-state index is -1.08. The number of phenols is 1. The number of carboxylic acids is 1. The molecule has 13 heavy (non-hydrogen) atoms. The minimum absolute atomic E-state index is 0.103. The molecule has 1 aromatic carbocycles. The Hall–Kier alpha value is -0.820. The average molecular weight is 293 g/mol. The molecule has 0 aromatic heterocycles. The van der Waals surface area contributed by atoms with Crippen LogP contribution in [0.3, 0.4) is 0 Å². The van der Waals surface area contributed by atoms with Crippen LogP contribution in [0.5, 0.6) is 5.75 Å². The summed E-state index contributed by atoms with van der Waals surface area (Å²) in [6.07, 6.45) is 0. The van der Waals surface area contributed by atoms with Crippen molar-refractivity contribution in [3.8, 4) is 5.75 Å². The SMILES string of the molecule is N[C@@H](C(=O)O)c1ccc(O)cc1I. The van der Waals surface area contributed by atoms with E-state index in [1.807, 2.05) is 22.6 Å². The van der Waals surface area contributed by atoms with Crippen LogP contribution in [0, 0.1) is 3.57 Å². The minimum Gasteiger partial charge on any atom is -0.508 e. The Morgan fingerprint density at radius 1 is 1.54 bits per heavy atom. The summed E-state index contributed by atoms with van der Waals surface area (Å²) in [5, 5.41) is 17.7. The van der Waals surface area contributed by atoms with E-state index in [1.165, 1.54) is 18.2 Å². The van der Waals surface area contributed by atoms with Gasteiger partial charge in [-0.05, 0) is 40.3 Å². The monoisotopic (exact) mass is 293 g/mol. The Labute approximate surface area is 88.5 Å². The summed E-state index contributed by atoms with van der Waals surface area (Å²) in [6.45, 7) is 0. The largest absolute Gasteiger partial charge is 0.508 e. The van der Waals surface area contributed by atoms with Crippen LogP contribution in [0.25, 0.3) is 0 Å². The molecule has 1 rings (SSSR count). The summed E-state index contributed by atoms with van der Waals surface area (Å²) >= 11 is 1.93. The van der Waals surface area contributed by atoms with Gasteiger partial charge >= 0.3 is 5.97 Å². The Kier molecular flexibility index (Phi) is 3.10. The molecule has 70 valence electrons. The number of benzene rings is 1. The summed E-state index contributed by atoms with van der Waals surface area (Å²) in [4.78, 5) is 10.5. The van der Waals surface area contributed by atoms with E-state index in [0.29, 0.717) is 9.13 Å². The molecule has 0 saturated heterocycles. The molecule has 0 radical (unpaired) electrons. The first-order valence-electron chi connectivity index (χ1n) is 3.49. The van der Waals surface area contributed by atoms with E-state index < -0.39 is 12.0 Å². The lowest BCUT2D eigenvalue weighted by molar-refractivity contribution is -0.138. The zero-order valence-electron chi connectivity index (χ0n) is 6.57. The van der Waals surface area contributed by atoms with E-state index in [0.717, 1.165) is 0 Å². The first kappa shape index (κ1) is 10.3. The molecule has 4 nitrogen and oxygen atoms in total. The van der Waals surface area contributed by atoms with Crippen molar-refractivity contribution in [2.75, 3.05) is 0 Å². The summed E-state index contributed by atoms with van der Waals surface area (Å²) < 4.78 is 0.646. The van der Waals surface area contributed by atoms with Crippen molar-refractivity contribution in [3.63, 3.8) is 0 Å². The standard InChI is InChI=1S/C8H8INO3/c9-6-3-4(11)1-2-5(6)7(10)8(12)13/h1-3,7,11H,10H2,(H,12,13)/t7-/m1/s1. The predicted molar refractivity (Wildman–Crippen MR) is 55.4 cm³/mol. The number of rotatable bonds is 2. The molecule has 0 aliphatic rings. The van der Waals surface area contributed by atoms with E-state index in [4.69, 9.17) is 15.9 Å². The van der Waals surface area contributed by atoms with Crippen molar-refractivity contribution in [2.45, 2.75) is 6.04 Å². The van der Waals surface area contributed by atoms with Gasteiger partial charge in [0.15, 0.2) is 0 Å². The number of phenolic OH excluding ortho intramolecular Hbond substituents is 1. The van der Waals surface area contributed by atoms with Crippen molar-refractivity contribution < 1.29 is 15.0 Å². The van der Waals surface area contributed by atoms with Gasteiger partial charge in [0, 0.05) is 3.57 Å². The molecule has 0 bridgehead atoms. The summed E-state index contributed by atoms with van der Waals surface area (Å²) in [5.74, 6) is -0.977. The fraction of sp³-hybridized carbons (Fsp3) is 0.125. The van der Waals surface area contributed by atoms with Gasteiger partial charge in [-0.3, -0.25) is 4.79 Å². The van der Waals surface area contributed by atoms with Crippen LogP contribution in [-0.2, 0) is 4.79 Å². The van der Waals surface area contributed by atoms with Crippen LogP contribution >= 0.6 is 22.6 Å². The Morgan fingerprint density at radius 3 is 2.62 bits per heavy atom. The third-order valence-corrected chi connectivity index (χ3v) is 2.52. The average Bonchev–Trinajstić information content (AvgIpc) is 2.03. The number of aromatic hydroxyl groups is 1. The van der Waals surface area contributed by atoms with E-state index >= 15 is 0 Å². The van der Waals surface area contributed by atoms with Gasteiger partial charge in [-0.2, -0.15) is 0 Å². The van der Waals surface area contributed by atoms with Crippen molar-refractivity contribution in [2.24, 2.45) is 5.73 Å². The van der Waals surface area contributed by atoms with Gasteiger partial charge in [-0.1, -0.05) is 6.07 Å². The number of aliphatic carboxylic acids is 1. The van der Waals surface area contributed by atoms with Gasteiger partial charge in [-0.25, -0.2) is 0 Å². The van der Waals surface area contributed by atoms with Crippen LogP contribution in [0.2, 0.25) is 0 Å². The second-order valence-electron chi connectivity index (χ2n) is 2.52. The van der Waals surface area contributed by atoms with E-state index in [2.05, 4.69) is 0 Å². The highest BCUT2D eigenvalue weighted by Crippen LogP contribution is 2.22. The third kappa shape index (κ3) is 2.31. The van der Waals surface area contributed by atoms with Gasteiger partial charge in [-0.15, -0.1) is 0 Å². The zero-order valence-corrected chi connectivity index (χ0v) is 8.72. The van der Waals surface area contributed by atoms with Crippen LogP contribution in [-0.4, -0.2) is 16.2 Å². The molecule has 0 aliphatic heterocycles. The normalized spacial score (nSPS) is 12.5. The molecular formula is C8H8INO3. The molecule has 0 saturated carbocycles. The van der Waals surface area contributed by atoms with Crippen LogP contribution < -0.4 is 5.73 Å². The number of carbonyl (C=O) groups is 1. The van der Waals surface area contributed by atoms with E-state index in [-0.39, 0.29) is 5.75 Å². The molecular weight excluding hydrogens is 285 g/mol. The molecule has 0 amide bonds. The molecule has 0 aliphatic carbocycles. The highest BCUT2D eigenvalue weighted by Gasteiger charge is 2.16. The highest BCUT2D eigenvalue weighted by atomic mass is 127. The molecule has 1 aromatic rings. The van der Waals surface area contributed by atoms with Crippen LogP contribution in [0.4, 0.5) is 0 Å². The topological polar surface area (TPSA) is 83.6 Å². The zero-order chi connectivity index (χ0) is 10.0. The van der Waals surface area contributed by atoms with E-state index in [1.54, 1.807) is 0 Å². The van der Waals surface area contributed by atoms with Gasteiger partial charge in [0.2, 0.25) is 0 Å². The summed E-state index contributed by atoms with van der Waals surface area (Å²) in [6, 6.07) is 3.36. The maximum absolute atomic E-state index is 10.5. The molecule has 0 heterocycles. The number of nitrogens with two attached hydrogens (primary N) is 1. The Bertz CT molecular complexity index is 340. The lowest BCUT2D eigenvalue weighted by atomic mass is 10.1. The Balaban J connectivity index is 3.08. The summed E-state index contributed by atoms with van der Waals surface area (Å²) in [7, 11) is 0. The van der Waals surface area contributed by atoms with Crippen LogP contribution in [0.1, 0.15) is 11.6 Å². The quantitative estimate of drug-likeness (QED) is 0.712. The van der Waals surface area contributed by atoms with Gasteiger partial charge in [0.1, 0.15) is 11.8 Å². The van der Waals surface area contributed by atoms with Crippen LogP contribution in [0.15, 0.2) is 18.2 Å². The highest BCUT2D eigenvalue weighted by molar-refractivity contribution is 14.1.